The van der Waals surface area contributed by atoms with Crippen molar-refractivity contribution in [3.05, 3.63) is 34.3 Å². The van der Waals surface area contributed by atoms with Gasteiger partial charge in [0.05, 0.1) is 24.8 Å². The lowest BCUT2D eigenvalue weighted by Crippen LogP contribution is -2.48. The quantitative estimate of drug-likeness (QED) is 0.785. The highest BCUT2D eigenvalue weighted by Crippen LogP contribution is 2.17. The van der Waals surface area contributed by atoms with Gasteiger partial charge in [0.2, 0.25) is 0 Å². The van der Waals surface area contributed by atoms with Crippen molar-refractivity contribution in [2.24, 2.45) is 5.73 Å². The molecule has 0 unspecified atom stereocenters. The van der Waals surface area contributed by atoms with E-state index in [-0.39, 0.29) is 12.5 Å². The molecule has 1 heterocycles. The summed E-state index contributed by atoms with van der Waals surface area (Å²) in [7, 11) is 0. The zero-order valence-electron chi connectivity index (χ0n) is 11.0. The van der Waals surface area contributed by atoms with Gasteiger partial charge in [0, 0.05) is 24.2 Å². The maximum atomic E-state index is 12.1. The average Bonchev–Trinajstić information content (AvgIpc) is 2.47. The van der Waals surface area contributed by atoms with E-state index in [1.807, 2.05) is 5.01 Å². The number of nitrogens with one attached hydrogen (secondary N) is 1. The van der Waals surface area contributed by atoms with E-state index in [4.69, 9.17) is 22.1 Å². The number of nitrogens with two attached hydrogens (primary N) is 1. The first kappa shape index (κ1) is 14.8. The van der Waals surface area contributed by atoms with Crippen molar-refractivity contribution in [3.63, 3.8) is 0 Å². The molecule has 0 aromatic heterocycles. The molecule has 0 bridgehead atoms. The molecule has 1 aromatic carbocycles. The minimum Gasteiger partial charge on any atom is -0.379 e. The van der Waals surface area contributed by atoms with E-state index in [1.54, 1.807) is 18.2 Å². The molecule has 0 aliphatic carbocycles. The highest BCUT2D eigenvalue weighted by Gasteiger charge is 2.14. The third kappa shape index (κ3) is 3.95. The number of amides is 1. The molecule has 1 fully saturated rings. The molecule has 20 heavy (non-hydrogen) atoms. The smallest absolute Gasteiger partial charge is 0.265 e. The van der Waals surface area contributed by atoms with Crippen LogP contribution in [-0.4, -0.2) is 43.8 Å². The molecule has 5 nitrogen and oxygen atoms in total. The van der Waals surface area contributed by atoms with Gasteiger partial charge in [0.25, 0.3) is 5.91 Å². The third-order valence-electron chi connectivity index (χ3n) is 2.83. The molecule has 1 aliphatic heterocycles. The molecule has 1 aliphatic rings. The van der Waals surface area contributed by atoms with Crippen LogP contribution in [0.5, 0.6) is 0 Å². The second-order valence-corrected chi connectivity index (χ2v) is 4.65. The van der Waals surface area contributed by atoms with Gasteiger partial charge in [-0.25, -0.2) is 5.01 Å². The van der Waals surface area contributed by atoms with Crippen molar-refractivity contribution in [2.45, 2.75) is 0 Å². The van der Waals surface area contributed by atoms with Crippen LogP contribution in [0.1, 0.15) is 15.9 Å². The second-order valence-electron chi connectivity index (χ2n) is 4.24. The summed E-state index contributed by atoms with van der Waals surface area (Å²) < 4.78 is 5.22. The van der Waals surface area contributed by atoms with Gasteiger partial charge in [-0.3, -0.25) is 10.2 Å². The average molecular weight is 294 g/mol. The topological polar surface area (TPSA) is 67.6 Å². The fourth-order valence-corrected chi connectivity index (χ4v) is 2.02. The van der Waals surface area contributed by atoms with Crippen molar-refractivity contribution >= 4 is 17.5 Å². The number of nitrogens with zero attached hydrogens (tertiary/aromatic N) is 1. The van der Waals surface area contributed by atoms with Gasteiger partial charge in [-0.05, 0) is 18.2 Å². The largest absolute Gasteiger partial charge is 0.379 e. The minimum atomic E-state index is -0.188. The van der Waals surface area contributed by atoms with E-state index >= 15 is 0 Å². The number of carbonyl (C=O) groups excluding carboxylic acids is 1. The first-order valence-corrected chi connectivity index (χ1v) is 6.70. The molecule has 3 N–H and O–H groups in total. The fourth-order valence-electron chi connectivity index (χ4n) is 1.79. The molecule has 2 rings (SSSR count). The summed E-state index contributed by atoms with van der Waals surface area (Å²) in [6.07, 6.45) is 0. The number of rotatable bonds is 2. The SMILES string of the molecule is NCC#Cc1ccc(C(=O)NN2CCOCC2)cc1Cl. The highest BCUT2D eigenvalue weighted by atomic mass is 35.5. The Morgan fingerprint density at radius 2 is 2.20 bits per heavy atom. The normalized spacial score (nSPS) is 15.3. The number of hydrazine groups is 1. The van der Waals surface area contributed by atoms with Crippen LogP contribution in [0.2, 0.25) is 5.02 Å². The minimum absolute atomic E-state index is 0.188. The van der Waals surface area contributed by atoms with Gasteiger partial charge in [-0.15, -0.1) is 0 Å². The van der Waals surface area contributed by atoms with Crippen LogP contribution < -0.4 is 11.2 Å². The predicted molar refractivity (Wildman–Crippen MR) is 77.2 cm³/mol. The first-order valence-electron chi connectivity index (χ1n) is 6.33. The summed E-state index contributed by atoms with van der Waals surface area (Å²) >= 11 is 6.10. The summed E-state index contributed by atoms with van der Waals surface area (Å²) in [4.78, 5) is 12.1. The van der Waals surface area contributed by atoms with E-state index < -0.39 is 0 Å². The third-order valence-corrected chi connectivity index (χ3v) is 3.14. The number of benzene rings is 1. The summed E-state index contributed by atoms with van der Waals surface area (Å²) in [5, 5.41) is 2.28. The molecule has 0 radical (unpaired) electrons. The van der Waals surface area contributed by atoms with Gasteiger partial charge in [-0.2, -0.15) is 0 Å². The molecule has 1 amide bonds. The molecular weight excluding hydrogens is 278 g/mol. The lowest BCUT2D eigenvalue weighted by atomic mass is 10.1. The van der Waals surface area contributed by atoms with Crippen LogP contribution in [0.4, 0.5) is 0 Å². The Bertz CT molecular complexity index is 545. The molecular formula is C14H16ClN3O2. The zero-order valence-corrected chi connectivity index (χ0v) is 11.7. The van der Waals surface area contributed by atoms with Crippen molar-refractivity contribution in [1.29, 1.82) is 0 Å². The van der Waals surface area contributed by atoms with Gasteiger partial charge in [0.1, 0.15) is 0 Å². The van der Waals surface area contributed by atoms with Crippen LogP contribution in [0.3, 0.4) is 0 Å². The van der Waals surface area contributed by atoms with Gasteiger partial charge in [-0.1, -0.05) is 23.4 Å². The molecule has 106 valence electrons. The Morgan fingerprint density at radius 1 is 1.45 bits per heavy atom. The summed E-state index contributed by atoms with van der Waals surface area (Å²) in [5.41, 5.74) is 9.30. The van der Waals surface area contributed by atoms with Crippen molar-refractivity contribution < 1.29 is 9.53 Å². The summed E-state index contributed by atoms with van der Waals surface area (Å²) in [6.45, 7) is 2.87. The molecule has 1 aromatic rings. The van der Waals surface area contributed by atoms with Crippen molar-refractivity contribution in [3.8, 4) is 11.8 Å². The van der Waals surface area contributed by atoms with Crippen LogP contribution in [0.25, 0.3) is 0 Å². The molecule has 1 saturated heterocycles. The van der Waals surface area contributed by atoms with Crippen molar-refractivity contribution in [2.75, 3.05) is 32.8 Å². The number of hydrogen-bond acceptors (Lipinski definition) is 4. The standard InChI is InChI=1S/C14H16ClN3O2/c15-13-10-12(4-3-11(13)2-1-5-16)14(19)17-18-6-8-20-9-7-18/h3-4,10H,5-9,16H2,(H,17,19). The van der Waals surface area contributed by atoms with E-state index in [0.29, 0.717) is 42.5 Å². The molecule has 0 spiro atoms. The Labute approximate surface area is 123 Å². The molecule has 0 saturated carbocycles. The van der Waals surface area contributed by atoms with E-state index in [2.05, 4.69) is 17.3 Å². The van der Waals surface area contributed by atoms with Crippen molar-refractivity contribution in [1.82, 2.24) is 10.4 Å². The van der Waals surface area contributed by atoms with Gasteiger partial charge in [0.15, 0.2) is 0 Å². The monoisotopic (exact) mass is 293 g/mol. The Balaban J connectivity index is 2.04. The van der Waals surface area contributed by atoms with E-state index in [1.165, 1.54) is 0 Å². The lowest BCUT2D eigenvalue weighted by Gasteiger charge is -2.26. The summed E-state index contributed by atoms with van der Waals surface area (Å²) in [6, 6.07) is 5.03. The number of carbonyl (C=O) groups is 1. The highest BCUT2D eigenvalue weighted by molar-refractivity contribution is 6.32. The second kappa shape index (κ2) is 7.27. The predicted octanol–water partition coefficient (Wildman–Crippen LogP) is 0.627. The Kier molecular flexibility index (Phi) is 5.39. The fraction of sp³-hybridized carbons (Fsp3) is 0.357. The van der Waals surface area contributed by atoms with Gasteiger partial charge < -0.3 is 10.5 Å². The Morgan fingerprint density at radius 3 is 2.85 bits per heavy atom. The Hall–Kier alpha value is -1.58. The van der Waals surface area contributed by atoms with E-state index in [9.17, 15) is 4.79 Å². The number of halogens is 1. The van der Waals surface area contributed by atoms with Crippen LogP contribution in [0, 0.1) is 11.8 Å². The maximum Gasteiger partial charge on any atom is 0.265 e. The number of ether oxygens (including phenoxy) is 1. The van der Waals surface area contributed by atoms with Crippen LogP contribution in [-0.2, 0) is 4.74 Å². The van der Waals surface area contributed by atoms with E-state index in [0.717, 1.165) is 0 Å². The zero-order chi connectivity index (χ0) is 14.4. The maximum absolute atomic E-state index is 12.1. The first-order chi connectivity index (χ1) is 9.70. The number of morpholine rings is 1. The molecule has 0 atom stereocenters. The summed E-state index contributed by atoms with van der Waals surface area (Å²) in [5.74, 6) is 5.40. The van der Waals surface area contributed by atoms with Crippen LogP contribution in [0.15, 0.2) is 18.2 Å². The van der Waals surface area contributed by atoms with Crippen LogP contribution >= 0.6 is 11.6 Å². The lowest BCUT2D eigenvalue weighted by molar-refractivity contribution is 0.0126. The van der Waals surface area contributed by atoms with Gasteiger partial charge >= 0.3 is 0 Å². The molecule has 6 heteroatoms. The number of hydrogen-bond donors (Lipinski definition) is 2.